The number of benzene rings is 1. The molecule has 2 aliphatic heterocycles. The first kappa shape index (κ1) is 18.9. The minimum atomic E-state index is -4.52. The number of nitrogens with one attached hydrogen (secondary N) is 1. The molecule has 2 saturated heterocycles. The van der Waals surface area contributed by atoms with Gasteiger partial charge in [-0.25, -0.2) is 4.98 Å². The fourth-order valence-electron chi connectivity index (χ4n) is 4.25. The molecule has 0 saturated carbocycles. The Balaban J connectivity index is 1.55. The SMILES string of the molecule is Cc1nc(N[C@@H]2CCCN3CCC[C@@H]23)nnc1-c1ccc(C(F)(F)F)cc1O. The predicted molar refractivity (Wildman–Crippen MR) is 97.9 cm³/mol. The van der Waals surface area contributed by atoms with Gasteiger partial charge in [0.25, 0.3) is 0 Å². The summed E-state index contributed by atoms with van der Waals surface area (Å²) in [6.07, 6.45) is 0.00862. The molecule has 0 aliphatic carbocycles. The van der Waals surface area contributed by atoms with Crippen molar-refractivity contribution >= 4 is 5.95 Å². The third kappa shape index (κ3) is 3.63. The number of phenols is 1. The van der Waals surface area contributed by atoms with Crippen molar-refractivity contribution in [1.29, 1.82) is 0 Å². The number of rotatable bonds is 3. The Morgan fingerprint density at radius 3 is 2.57 bits per heavy atom. The Kier molecular flexibility index (Phi) is 4.86. The van der Waals surface area contributed by atoms with Gasteiger partial charge in [0, 0.05) is 17.6 Å². The van der Waals surface area contributed by atoms with Crippen LogP contribution >= 0.6 is 0 Å². The quantitative estimate of drug-likeness (QED) is 0.830. The zero-order chi connectivity index (χ0) is 19.9. The van der Waals surface area contributed by atoms with Crippen molar-refractivity contribution < 1.29 is 18.3 Å². The highest BCUT2D eigenvalue weighted by Crippen LogP contribution is 2.36. The van der Waals surface area contributed by atoms with E-state index in [1.165, 1.54) is 12.5 Å². The number of aromatic nitrogens is 3. The zero-order valence-electron chi connectivity index (χ0n) is 15.5. The average Bonchev–Trinajstić information content (AvgIpc) is 3.11. The van der Waals surface area contributed by atoms with Crippen molar-refractivity contribution in [3.05, 3.63) is 29.5 Å². The molecule has 0 radical (unpaired) electrons. The van der Waals surface area contributed by atoms with Crippen LogP contribution in [-0.4, -0.2) is 50.4 Å². The first-order valence-electron chi connectivity index (χ1n) is 9.45. The smallest absolute Gasteiger partial charge is 0.416 e. The van der Waals surface area contributed by atoms with Crippen molar-refractivity contribution in [2.45, 2.75) is 50.9 Å². The average molecular weight is 393 g/mol. The fourth-order valence-corrected chi connectivity index (χ4v) is 4.25. The third-order valence-corrected chi connectivity index (χ3v) is 5.59. The largest absolute Gasteiger partial charge is 0.507 e. The van der Waals surface area contributed by atoms with Gasteiger partial charge in [-0.2, -0.15) is 13.2 Å². The van der Waals surface area contributed by atoms with E-state index in [0.29, 0.717) is 23.8 Å². The molecule has 28 heavy (non-hydrogen) atoms. The molecule has 6 nitrogen and oxygen atoms in total. The fraction of sp³-hybridized carbons (Fsp3) is 0.526. The van der Waals surface area contributed by atoms with Crippen molar-refractivity contribution in [3.8, 4) is 17.0 Å². The molecular weight excluding hydrogens is 371 g/mol. The number of aryl methyl sites for hydroxylation is 1. The summed E-state index contributed by atoms with van der Waals surface area (Å²) in [4.78, 5) is 6.93. The molecule has 0 spiro atoms. The van der Waals surface area contributed by atoms with Crippen LogP contribution in [0.3, 0.4) is 0 Å². The summed E-state index contributed by atoms with van der Waals surface area (Å²) in [5, 5.41) is 21.7. The van der Waals surface area contributed by atoms with Crippen LogP contribution in [0.4, 0.5) is 19.1 Å². The molecule has 2 aromatic rings. The number of fused-ring (bicyclic) bond motifs is 1. The molecule has 0 bridgehead atoms. The van der Waals surface area contributed by atoms with Gasteiger partial charge >= 0.3 is 6.18 Å². The first-order valence-corrected chi connectivity index (χ1v) is 9.45. The maximum absolute atomic E-state index is 12.8. The normalized spacial score (nSPS) is 22.9. The van der Waals surface area contributed by atoms with Gasteiger partial charge in [0.1, 0.15) is 11.4 Å². The molecule has 1 aromatic carbocycles. The van der Waals surface area contributed by atoms with Gasteiger partial charge in [-0.05, 0) is 63.9 Å². The topological polar surface area (TPSA) is 74.2 Å². The Morgan fingerprint density at radius 1 is 1.14 bits per heavy atom. The molecule has 2 N–H and O–H groups in total. The lowest BCUT2D eigenvalue weighted by molar-refractivity contribution is -0.137. The van der Waals surface area contributed by atoms with Crippen molar-refractivity contribution in [2.24, 2.45) is 0 Å². The molecular formula is C19H22F3N5O. The maximum Gasteiger partial charge on any atom is 0.416 e. The second kappa shape index (κ2) is 7.20. The monoisotopic (exact) mass is 393 g/mol. The van der Waals surface area contributed by atoms with Crippen molar-refractivity contribution in [2.75, 3.05) is 18.4 Å². The van der Waals surface area contributed by atoms with Crippen LogP contribution in [0.5, 0.6) is 5.75 Å². The van der Waals surface area contributed by atoms with E-state index in [2.05, 4.69) is 25.4 Å². The number of halogens is 3. The Morgan fingerprint density at radius 2 is 1.89 bits per heavy atom. The molecule has 1 aromatic heterocycles. The number of alkyl halides is 3. The minimum Gasteiger partial charge on any atom is -0.507 e. The summed E-state index contributed by atoms with van der Waals surface area (Å²) in [6, 6.07) is 3.55. The predicted octanol–water partition coefficient (Wildman–Crippen LogP) is 3.61. The number of nitrogens with zero attached hydrogens (tertiary/aromatic N) is 4. The summed E-state index contributed by atoms with van der Waals surface area (Å²) < 4.78 is 38.4. The zero-order valence-corrected chi connectivity index (χ0v) is 15.5. The van der Waals surface area contributed by atoms with Gasteiger partial charge in [-0.3, -0.25) is 4.90 Å². The Hall–Kier alpha value is -2.42. The minimum absolute atomic E-state index is 0.177. The first-order chi connectivity index (χ1) is 13.3. The van der Waals surface area contributed by atoms with E-state index in [-0.39, 0.29) is 17.3 Å². The molecule has 0 unspecified atom stereocenters. The summed E-state index contributed by atoms with van der Waals surface area (Å²) in [7, 11) is 0. The van der Waals surface area contributed by atoms with Crippen LogP contribution in [0.15, 0.2) is 18.2 Å². The number of hydrogen-bond acceptors (Lipinski definition) is 6. The Labute approximate surface area is 160 Å². The lowest BCUT2D eigenvalue weighted by Crippen LogP contribution is -2.47. The molecule has 0 amide bonds. The van der Waals surface area contributed by atoms with E-state index in [1.807, 2.05) is 0 Å². The van der Waals surface area contributed by atoms with Crippen molar-refractivity contribution in [3.63, 3.8) is 0 Å². The van der Waals surface area contributed by atoms with Gasteiger partial charge in [0.2, 0.25) is 5.95 Å². The van der Waals surface area contributed by atoms with Crippen LogP contribution in [0.2, 0.25) is 0 Å². The highest BCUT2D eigenvalue weighted by Gasteiger charge is 2.35. The van der Waals surface area contributed by atoms with Gasteiger partial charge < -0.3 is 10.4 Å². The summed E-state index contributed by atoms with van der Waals surface area (Å²) in [6.45, 7) is 3.97. The van der Waals surface area contributed by atoms with E-state index in [1.54, 1.807) is 6.92 Å². The molecule has 9 heteroatoms. The van der Waals surface area contributed by atoms with E-state index in [9.17, 15) is 18.3 Å². The van der Waals surface area contributed by atoms with Gasteiger partial charge in [0.15, 0.2) is 0 Å². The van der Waals surface area contributed by atoms with Crippen LogP contribution < -0.4 is 5.32 Å². The van der Waals surface area contributed by atoms with Crippen LogP contribution in [0.1, 0.15) is 36.9 Å². The lowest BCUT2D eigenvalue weighted by atomic mass is 9.96. The van der Waals surface area contributed by atoms with Crippen LogP contribution in [0.25, 0.3) is 11.3 Å². The second-order valence-corrected chi connectivity index (χ2v) is 7.44. The number of phenolic OH excluding ortho intramolecular Hbond substituents is 1. The van der Waals surface area contributed by atoms with Crippen molar-refractivity contribution in [1.82, 2.24) is 20.1 Å². The second-order valence-electron chi connectivity index (χ2n) is 7.44. The van der Waals surface area contributed by atoms with E-state index in [4.69, 9.17) is 0 Å². The van der Waals surface area contributed by atoms with E-state index >= 15 is 0 Å². The lowest BCUT2D eigenvalue weighted by Gasteiger charge is -2.36. The molecule has 150 valence electrons. The highest BCUT2D eigenvalue weighted by atomic mass is 19.4. The molecule has 3 heterocycles. The number of anilines is 1. The standard InChI is InChI=1S/C19H22F3N5O/c1-11-17(13-7-6-12(10-16(13)28)19(20,21)22)25-26-18(23-11)24-14-4-2-8-27-9-3-5-15(14)27/h6-7,10,14-15,28H,2-5,8-9H2,1H3,(H,23,24,26)/t14-,15+/m1/s1. The molecule has 2 aliphatic rings. The molecule has 4 rings (SSSR count). The summed E-state index contributed by atoms with van der Waals surface area (Å²) in [5.41, 5.74) is 0.0234. The van der Waals surface area contributed by atoms with Gasteiger partial charge in [-0.15, -0.1) is 10.2 Å². The third-order valence-electron chi connectivity index (χ3n) is 5.59. The summed E-state index contributed by atoms with van der Waals surface area (Å²) in [5.74, 6) is -0.0880. The number of aromatic hydroxyl groups is 1. The maximum atomic E-state index is 12.8. The van der Waals surface area contributed by atoms with E-state index < -0.39 is 17.5 Å². The molecule has 2 atom stereocenters. The number of hydrogen-bond donors (Lipinski definition) is 2. The highest BCUT2D eigenvalue weighted by molar-refractivity contribution is 5.69. The van der Waals surface area contributed by atoms with Gasteiger partial charge in [-0.1, -0.05) is 0 Å². The van der Waals surface area contributed by atoms with Crippen LogP contribution in [-0.2, 0) is 6.18 Å². The van der Waals surface area contributed by atoms with E-state index in [0.717, 1.165) is 38.4 Å². The Bertz CT molecular complexity index is 873. The van der Waals surface area contributed by atoms with Gasteiger partial charge in [0.05, 0.1) is 11.3 Å². The van der Waals surface area contributed by atoms with Crippen LogP contribution in [0, 0.1) is 6.92 Å². The summed E-state index contributed by atoms with van der Waals surface area (Å²) >= 11 is 0. The molecule has 2 fully saturated rings. The number of piperidine rings is 1.